The molecule has 7 nitrogen and oxygen atoms in total. The minimum absolute atomic E-state index is 0.141. The van der Waals surface area contributed by atoms with E-state index in [2.05, 4.69) is 15.3 Å². The number of nitrogens with two attached hydrogens (primary N) is 2. The van der Waals surface area contributed by atoms with Crippen LogP contribution in [-0.4, -0.2) is 41.4 Å². The number of hydrogen-bond acceptors (Lipinski definition) is 5. The standard InChI is InChI=1S/C12H20N6O/c1-12(2,3)18-5-6(8(13)15-4)7-9(18)16-11(14)17-10(7)19/h5,7,9H,1-4H3,(H2,13,15)(H3,14,16,17,19). The Hall–Kier alpha value is -2.05. The lowest BCUT2D eigenvalue weighted by molar-refractivity contribution is -0.124. The van der Waals surface area contributed by atoms with Gasteiger partial charge in [0.1, 0.15) is 17.9 Å². The van der Waals surface area contributed by atoms with Gasteiger partial charge in [-0.3, -0.25) is 15.1 Å². The van der Waals surface area contributed by atoms with Crippen LogP contribution in [0.4, 0.5) is 0 Å². The predicted octanol–water partition coefficient (Wildman–Crippen LogP) is -0.642. The molecule has 0 spiro atoms. The molecule has 0 aliphatic carbocycles. The third-order valence-corrected chi connectivity index (χ3v) is 3.31. The third-order valence-electron chi connectivity index (χ3n) is 3.31. The van der Waals surface area contributed by atoms with Gasteiger partial charge >= 0.3 is 0 Å². The number of amides is 1. The third kappa shape index (κ3) is 2.16. The van der Waals surface area contributed by atoms with Crippen LogP contribution in [0.1, 0.15) is 20.8 Å². The first kappa shape index (κ1) is 13.4. The Morgan fingerprint density at radius 3 is 2.68 bits per heavy atom. The second kappa shape index (κ2) is 4.25. The van der Waals surface area contributed by atoms with E-state index in [0.29, 0.717) is 11.4 Å². The number of guanidine groups is 1. The molecule has 0 saturated carbocycles. The monoisotopic (exact) mass is 264 g/mol. The van der Waals surface area contributed by atoms with Crippen molar-refractivity contribution in [3.8, 4) is 0 Å². The molecule has 2 unspecified atom stereocenters. The Morgan fingerprint density at radius 2 is 2.16 bits per heavy atom. The van der Waals surface area contributed by atoms with Crippen molar-refractivity contribution in [3.63, 3.8) is 0 Å². The van der Waals surface area contributed by atoms with Gasteiger partial charge in [0.2, 0.25) is 5.91 Å². The van der Waals surface area contributed by atoms with Crippen molar-refractivity contribution >= 4 is 17.7 Å². The molecule has 2 aliphatic heterocycles. The lowest BCUT2D eigenvalue weighted by atomic mass is 9.95. The van der Waals surface area contributed by atoms with Crippen LogP contribution in [0.15, 0.2) is 21.8 Å². The first-order valence-electron chi connectivity index (χ1n) is 6.12. The zero-order valence-electron chi connectivity index (χ0n) is 11.6. The number of amidine groups is 1. The number of nitrogens with one attached hydrogen (secondary N) is 1. The van der Waals surface area contributed by atoms with Crippen molar-refractivity contribution in [2.24, 2.45) is 27.4 Å². The van der Waals surface area contributed by atoms with Gasteiger partial charge in [-0.15, -0.1) is 0 Å². The normalized spacial score (nSPS) is 27.7. The van der Waals surface area contributed by atoms with E-state index < -0.39 is 5.92 Å². The summed E-state index contributed by atoms with van der Waals surface area (Å²) in [5.41, 5.74) is 12.0. The Kier molecular flexibility index (Phi) is 3.00. The van der Waals surface area contributed by atoms with Crippen molar-refractivity contribution in [1.29, 1.82) is 0 Å². The van der Waals surface area contributed by atoms with Gasteiger partial charge in [-0.05, 0) is 20.8 Å². The second-order valence-corrected chi connectivity index (χ2v) is 5.67. The molecule has 19 heavy (non-hydrogen) atoms. The summed E-state index contributed by atoms with van der Waals surface area (Å²) in [6.45, 7) is 6.13. The molecule has 5 N–H and O–H groups in total. The van der Waals surface area contributed by atoms with Gasteiger partial charge in [-0.25, -0.2) is 4.99 Å². The topological polar surface area (TPSA) is 109 Å². The fourth-order valence-electron chi connectivity index (χ4n) is 2.36. The molecule has 0 aromatic carbocycles. The average Bonchev–Trinajstić information content (AvgIpc) is 2.67. The quantitative estimate of drug-likeness (QED) is 0.432. The summed E-state index contributed by atoms with van der Waals surface area (Å²) >= 11 is 0. The summed E-state index contributed by atoms with van der Waals surface area (Å²) in [5.74, 6) is -0.160. The highest BCUT2D eigenvalue weighted by molar-refractivity contribution is 6.08. The lowest BCUT2D eigenvalue weighted by Crippen LogP contribution is -2.54. The van der Waals surface area contributed by atoms with Crippen molar-refractivity contribution in [2.75, 3.05) is 7.05 Å². The number of rotatable bonds is 1. The molecular formula is C12H20N6O. The van der Waals surface area contributed by atoms with Crippen LogP contribution in [0.5, 0.6) is 0 Å². The zero-order valence-corrected chi connectivity index (χ0v) is 11.6. The molecule has 2 rings (SSSR count). The minimum Gasteiger partial charge on any atom is -0.384 e. The van der Waals surface area contributed by atoms with Crippen molar-refractivity contribution in [3.05, 3.63) is 11.8 Å². The predicted molar refractivity (Wildman–Crippen MR) is 74.3 cm³/mol. The van der Waals surface area contributed by atoms with Crippen LogP contribution >= 0.6 is 0 Å². The van der Waals surface area contributed by atoms with Gasteiger partial charge in [0.25, 0.3) is 0 Å². The molecule has 1 amide bonds. The number of hydrogen-bond donors (Lipinski definition) is 3. The molecule has 0 radical (unpaired) electrons. The summed E-state index contributed by atoms with van der Waals surface area (Å²) in [4.78, 5) is 22.4. The first-order chi connectivity index (χ1) is 8.75. The van der Waals surface area contributed by atoms with Crippen LogP contribution in [-0.2, 0) is 4.79 Å². The maximum atomic E-state index is 12.1. The molecule has 2 heterocycles. The van der Waals surface area contributed by atoms with Crippen LogP contribution in [0.25, 0.3) is 0 Å². The smallest absolute Gasteiger partial charge is 0.238 e. The SMILES string of the molecule is CN=C(N)C1=CN(C(C)(C)C)C2N=C(N)NC(=O)C12. The maximum Gasteiger partial charge on any atom is 0.238 e. The van der Waals surface area contributed by atoms with Crippen LogP contribution in [0, 0.1) is 5.92 Å². The van der Waals surface area contributed by atoms with Gasteiger partial charge in [-0.2, -0.15) is 0 Å². The summed E-state index contributed by atoms with van der Waals surface area (Å²) < 4.78 is 0. The Balaban J connectivity index is 2.50. The van der Waals surface area contributed by atoms with E-state index in [1.54, 1.807) is 7.05 Å². The van der Waals surface area contributed by atoms with Crippen molar-refractivity contribution < 1.29 is 4.79 Å². The second-order valence-electron chi connectivity index (χ2n) is 5.67. The molecule has 7 heteroatoms. The van der Waals surface area contributed by atoms with Crippen LogP contribution < -0.4 is 16.8 Å². The molecule has 0 aromatic heterocycles. The summed E-state index contributed by atoms with van der Waals surface area (Å²) in [6.07, 6.45) is 1.50. The van der Waals surface area contributed by atoms with E-state index in [1.165, 1.54) is 0 Å². The van der Waals surface area contributed by atoms with Gasteiger partial charge < -0.3 is 16.4 Å². The fourth-order valence-corrected chi connectivity index (χ4v) is 2.36. The number of carbonyl (C=O) groups is 1. The molecule has 2 atom stereocenters. The largest absolute Gasteiger partial charge is 0.384 e. The highest BCUT2D eigenvalue weighted by Gasteiger charge is 2.47. The van der Waals surface area contributed by atoms with E-state index >= 15 is 0 Å². The van der Waals surface area contributed by atoms with Gasteiger partial charge in [0.15, 0.2) is 5.96 Å². The minimum atomic E-state index is -0.463. The number of fused-ring (bicyclic) bond motifs is 1. The number of nitrogens with zero attached hydrogens (tertiary/aromatic N) is 3. The van der Waals surface area contributed by atoms with Crippen LogP contribution in [0.3, 0.4) is 0 Å². The van der Waals surface area contributed by atoms with E-state index in [0.717, 1.165) is 0 Å². The Labute approximate surface area is 112 Å². The highest BCUT2D eigenvalue weighted by Crippen LogP contribution is 2.36. The zero-order chi connectivity index (χ0) is 14.4. The fraction of sp³-hybridized carbons (Fsp3) is 0.583. The molecule has 0 aromatic rings. The number of aliphatic imine (C=N–C) groups is 2. The Morgan fingerprint density at radius 1 is 1.53 bits per heavy atom. The maximum absolute atomic E-state index is 12.1. The van der Waals surface area contributed by atoms with Crippen molar-refractivity contribution in [2.45, 2.75) is 32.5 Å². The lowest BCUT2D eigenvalue weighted by Gasteiger charge is -2.38. The Bertz CT molecular complexity index is 499. The molecule has 0 saturated heterocycles. The van der Waals surface area contributed by atoms with E-state index in [-0.39, 0.29) is 23.6 Å². The van der Waals surface area contributed by atoms with E-state index in [4.69, 9.17) is 11.5 Å². The van der Waals surface area contributed by atoms with E-state index in [9.17, 15) is 4.79 Å². The average molecular weight is 264 g/mol. The van der Waals surface area contributed by atoms with Crippen molar-refractivity contribution in [1.82, 2.24) is 10.2 Å². The first-order valence-corrected chi connectivity index (χ1v) is 6.12. The van der Waals surface area contributed by atoms with Gasteiger partial charge in [-0.1, -0.05) is 0 Å². The molecule has 0 bridgehead atoms. The summed E-state index contributed by atoms with van der Waals surface area (Å²) in [5, 5.41) is 2.54. The highest BCUT2D eigenvalue weighted by atomic mass is 16.2. The molecular weight excluding hydrogens is 244 g/mol. The number of carbonyl (C=O) groups excluding carboxylic acids is 1. The summed E-state index contributed by atoms with van der Waals surface area (Å²) in [6, 6.07) is 0. The van der Waals surface area contributed by atoms with Gasteiger partial charge in [0.05, 0.1) is 0 Å². The molecule has 0 fully saturated rings. The molecule has 104 valence electrons. The van der Waals surface area contributed by atoms with E-state index in [1.807, 2.05) is 31.9 Å². The molecule has 2 aliphatic rings. The van der Waals surface area contributed by atoms with Crippen LogP contribution in [0.2, 0.25) is 0 Å². The van der Waals surface area contributed by atoms with Gasteiger partial charge in [0, 0.05) is 24.4 Å². The summed E-state index contributed by atoms with van der Waals surface area (Å²) in [7, 11) is 1.60.